The van der Waals surface area contributed by atoms with Crippen molar-refractivity contribution in [3.63, 3.8) is 0 Å². The third kappa shape index (κ3) is 9.43. The highest BCUT2D eigenvalue weighted by molar-refractivity contribution is 7.52. The molecular weight excluding hydrogens is 483 g/mol. The molecule has 0 aliphatic carbocycles. The SMILES string of the molecule is CCCCCCN(CCCCCC)c1ccc(/N=N/c2nc(Cl)c(C(O)P(=O)(O)O)s2)cc1. The lowest BCUT2D eigenvalue weighted by molar-refractivity contribution is 0.208. The first kappa shape index (κ1) is 27.9. The third-order valence-corrected chi connectivity index (χ3v) is 7.64. The van der Waals surface area contributed by atoms with Gasteiger partial charge in [-0.2, -0.15) is 0 Å². The van der Waals surface area contributed by atoms with E-state index in [0.717, 1.165) is 30.1 Å². The van der Waals surface area contributed by atoms with E-state index < -0.39 is 13.4 Å². The van der Waals surface area contributed by atoms with E-state index in [2.05, 4.69) is 34.0 Å². The molecule has 1 aromatic heterocycles. The monoisotopic (exact) mass is 516 g/mol. The summed E-state index contributed by atoms with van der Waals surface area (Å²) in [5, 5.41) is 17.8. The fourth-order valence-electron chi connectivity index (χ4n) is 3.32. The summed E-state index contributed by atoms with van der Waals surface area (Å²) in [5.74, 6) is -2.02. The van der Waals surface area contributed by atoms with Crippen LogP contribution in [0.2, 0.25) is 5.15 Å². The average Bonchev–Trinajstić information content (AvgIpc) is 3.16. The Morgan fingerprint density at radius 2 is 1.58 bits per heavy atom. The molecule has 0 aliphatic heterocycles. The van der Waals surface area contributed by atoms with Crippen molar-refractivity contribution in [1.82, 2.24) is 4.98 Å². The highest BCUT2D eigenvalue weighted by atomic mass is 35.5. The highest BCUT2D eigenvalue weighted by Crippen LogP contribution is 2.53. The van der Waals surface area contributed by atoms with Crippen molar-refractivity contribution < 1.29 is 19.5 Å². The van der Waals surface area contributed by atoms with Gasteiger partial charge in [-0.25, -0.2) is 4.98 Å². The van der Waals surface area contributed by atoms with Gasteiger partial charge in [0, 0.05) is 18.8 Å². The van der Waals surface area contributed by atoms with Crippen LogP contribution in [0.25, 0.3) is 0 Å². The van der Waals surface area contributed by atoms with Crippen molar-refractivity contribution in [2.45, 2.75) is 71.1 Å². The van der Waals surface area contributed by atoms with Gasteiger partial charge in [-0.05, 0) is 37.1 Å². The van der Waals surface area contributed by atoms with Crippen molar-refractivity contribution in [2.24, 2.45) is 10.2 Å². The lowest BCUT2D eigenvalue weighted by atomic mass is 10.1. The number of thiazole rings is 1. The smallest absolute Gasteiger partial charge is 0.359 e. The summed E-state index contributed by atoms with van der Waals surface area (Å²) in [7, 11) is -4.74. The van der Waals surface area contributed by atoms with E-state index in [-0.39, 0.29) is 15.2 Å². The van der Waals surface area contributed by atoms with Crippen LogP contribution >= 0.6 is 30.5 Å². The van der Waals surface area contributed by atoms with E-state index in [1.165, 1.54) is 51.4 Å². The Labute approximate surface area is 204 Å². The van der Waals surface area contributed by atoms with E-state index in [1.54, 1.807) is 0 Å². The number of benzene rings is 1. The van der Waals surface area contributed by atoms with Crippen molar-refractivity contribution in [3.05, 3.63) is 34.3 Å². The molecule has 0 bridgehead atoms. The van der Waals surface area contributed by atoms with Crippen LogP contribution in [0.15, 0.2) is 34.5 Å². The number of unbranched alkanes of at least 4 members (excludes halogenated alkanes) is 6. The first-order chi connectivity index (χ1) is 15.8. The standard InChI is InChI=1S/C22H34ClN4O4PS/c1-3-5-7-9-15-27(16-10-8-6-4-2)18-13-11-17(12-14-18)25-26-22-24-20(23)19(33-22)21(28)32(29,30)31/h11-14,21,28H,3-10,15-16H2,1-2H3,(H2,29,30,31)/b26-25+. The minimum Gasteiger partial charge on any atom is -0.375 e. The van der Waals surface area contributed by atoms with Gasteiger partial charge in [0.2, 0.25) is 5.13 Å². The Kier molecular flexibility index (Phi) is 12.0. The van der Waals surface area contributed by atoms with E-state index in [0.29, 0.717) is 5.69 Å². The largest absolute Gasteiger partial charge is 0.375 e. The molecule has 33 heavy (non-hydrogen) atoms. The van der Waals surface area contributed by atoms with E-state index in [4.69, 9.17) is 21.4 Å². The molecule has 0 aliphatic rings. The van der Waals surface area contributed by atoms with Crippen LogP contribution in [-0.2, 0) is 4.57 Å². The molecule has 1 unspecified atom stereocenters. The number of rotatable bonds is 15. The number of halogens is 1. The molecule has 3 N–H and O–H groups in total. The average molecular weight is 517 g/mol. The van der Waals surface area contributed by atoms with Gasteiger partial charge in [-0.3, -0.25) is 4.57 Å². The number of aliphatic hydroxyl groups excluding tert-OH is 1. The van der Waals surface area contributed by atoms with Crippen molar-refractivity contribution >= 4 is 47.0 Å². The molecule has 0 spiro atoms. The molecule has 2 aromatic rings. The Morgan fingerprint density at radius 1 is 1.00 bits per heavy atom. The predicted octanol–water partition coefficient (Wildman–Crippen LogP) is 7.35. The Bertz CT molecular complexity index is 908. The summed E-state index contributed by atoms with van der Waals surface area (Å²) in [5.41, 5.74) is 1.78. The molecule has 0 saturated carbocycles. The van der Waals surface area contributed by atoms with Gasteiger partial charge < -0.3 is 19.8 Å². The summed E-state index contributed by atoms with van der Waals surface area (Å²) in [6, 6.07) is 7.83. The number of azo groups is 1. The summed E-state index contributed by atoms with van der Waals surface area (Å²) in [6.07, 6.45) is 9.80. The molecule has 1 heterocycles. The van der Waals surface area contributed by atoms with Crippen LogP contribution in [0.4, 0.5) is 16.5 Å². The fraction of sp³-hybridized carbons (Fsp3) is 0.591. The van der Waals surface area contributed by atoms with E-state index in [1.807, 2.05) is 24.3 Å². The van der Waals surface area contributed by atoms with E-state index >= 15 is 0 Å². The van der Waals surface area contributed by atoms with Crippen LogP contribution < -0.4 is 4.90 Å². The number of hydrogen-bond acceptors (Lipinski definition) is 7. The number of anilines is 1. The summed E-state index contributed by atoms with van der Waals surface area (Å²) < 4.78 is 11.3. The second kappa shape index (κ2) is 14.1. The molecule has 0 radical (unpaired) electrons. The number of nitrogens with zero attached hydrogens (tertiary/aromatic N) is 4. The Morgan fingerprint density at radius 3 is 2.09 bits per heavy atom. The van der Waals surface area contributed by atoms with Crippen LogP contribution in [0, 0.1) is 0 Å². The van der Waals surface area contributed by atoms with Crippen LogP contribution in [0.5, 0.6) is 0 Å². The minimum absolute atomic E-state index is 0.111. The van der Waals surface area contributed by atoms with E-state index in [9.17, 15) is 9.67 Å². The second-order valence-electron chi connectivity index (χ2n) is 7.94. The van der Waals surface area contributed by atoms with Crippen molar-refractivity contribution in [2.75, 3.05) is 18.0 Å². The minimum atomic E-state index is -4.74. The van der Waals surface area contributed by atoms with Crippen LogP contribution in [0.3, 0.4) is 0 Å². The van der Waals surface area contributed by atoms with Crippen LogP contribution in [0.1, 0.15) is 75.9 Å². The topological polar surface area (TPSA) is 119 Å². The Hall–Kier alpha value is -1.35. The Balaban J connectivity index is 2.05. The molecule has 184 valence electrons. The lowest BCUT2D eigenvalue weighted by Crippen LogP contribution is -2.25. The molecule has 1 aromatic carbocycles. The molecule has 8 nitrogen and oxygen atoms in total. The first-order valence-corrected chi connectivity index (χ1v) is 14.3. The zero-order chi connectivity index (χ0) is 24.3. The molecule has 2 rings (SSSR count). The maximum absolute atomic E-state index is 11.3. The maximum Gasteiger partial charge on any atom is 0.359 e. The number of aromatic nitrogens is 1. The molecule has 11 heteroatoms. The quantitative estimate of drug-likeness (QED) is 0.129. The fourth-order valence-corrected chi connectivity index (χ4v) is 5.39. The van der Waals surface area contributed by atoms with Gasteiger partial charge >= 0.3 is 7.60 Å². The summed E-state index contributed by atoms with van der Waals surface area (Å²) >= 11 is 6.69. The van der Waals surface area contributed by atoms with Gasteiger partial charge in [-0.1, -0.05) is 75.3 Å². The first-order valence-electron chi connectivity index (χ1n) is 11.4. The molecule has 1 atom stereocenters. The van der Waals surface area contributed by atoms with Gasteiger partial charge in [0.1, 0.15) is 5.15 Å². The molecule has 0 amide bonds. The zero-order valence-corrected chi connectivity index (χ0v) is 21.7. The number of hydrogen-bond donors (Lipinski definition) is 3. The maximum atomic E-state index is 11.3. The van der Waals surface area contributed by atoms with Gasteiger partial charge in [0.05, 0.1) is 10.6 Å². The van der Waals surface area contributed by atoms with Gasteiger partial charge in [-0.15, -0.1) is 10.2 Å². The number of aliphatic hydroxyl groups is 1. The molecule has 0 fully saturated rings. The van der Waals surface area contributed by atoms with Crippen molar-refractivity contribution in [3.8, 4) is 0 Å². The highest BCUT2D eigenvalue weighted by Gasteiger charge is 2.32. The molecule has 0 saturated heterocycles. The normalized spacial score (nSPS) is 13.0. The lowest BCUT2D eigenvalue weighted by Gasteiger charge is -2.25. The predicted molar refractivity (Wildman–Crippen MR) is 135 cm³/mol. The summed E-state index contributed by atoms with van der Waals surface area (Å²) in [4.78, 5) is 24.5. The molecular formula is C22H34ClN4O4PS. The van der Waals surface area contributed by atoms with Crippen molar-refractivity contribution in [1.29, 1.82) is 0 Å². The van der Waals surface area contributed by atoms with Gasteiger partial charge in [0.25, 0.3) is 0 Å². The summed E-state index contributed by atoms with van der Waals surface area (Å²) in [6.45, 7) is 6.51. The van der Waals surface area contributed by atoms with Gasteiger partial charge in [0.15, 0.2) is 5.85 Å². The van der Waals surface area contributed by atoms with Crippen LogP contribution in [-0.4, -0.2) is 33.0 Å². The third-order valence-electron chi connectivity index (χ3n) is 5.18. The second-order valence-corrected chi connectivity index (χ2v) is 11.0. The zero-order valence-electron chi connectivity index (χ0n) is 19.2.